The molecule has 0 radical (unpaired) electrons. The van der Waals surface area contributed by atoms with Crippen molar-refractivity contribution in [2.45, 2.75) is 58.0 Å². The number of carbonyl (C=O) groups excluding carboxylic acids is 1. The van der Waals surface area contributed by atoms with E-state index in [4.69, 9.17) is 0 Å². The van der Waals surface area contributed by atoms with E-state index in [1.807, 2.05) is 0 Å². The van der Waals surface area contributed by atoms with Gasteiger partial charge in [-0.2, -0.15) is 0 Å². The quantitative estimate of drug-likeness (QED) is 0.781. The molecule has 1 fully saturated rings. The standard InChI is InChI=1S/C19H30N2O2/c1-14-7-9-16(10-8-14)19(2,3)13-21-18(23)20-12-15-5-4-6-17(22)11-15/h7-10,15,17,22H,4-6,11-13H2,1-3H3,(H2,20,21,23). The first kappa shape index (κ1) is 17.8. The Labute approximate surface area is 139 Å². The molecule has 23 heavy (non-hydrogen) atoms. The summed E-state index contributed by atoms with van der Waals surface area (Å²) in [5.41, 5.74) is 2.36. The lowest BCUT2D eigenvalue weighted by Gasteiger charge is -2.27. The molecule has 0 aliphatic heterocycles. The molecule has 2 amide bonds. The number of aryl methyl sites for hydroxylation is 1. The molecule has 1 saturated carbocycles. The Morgan fingerprint density at radius 2 is 1.91 bits per heavy atom. The van der Waals surface area contributed by atoms with Gasteiger partial charge in [0.15, 0.2) is 0 Å². The summed E-state index contributed by atoms with van der Waals surface area (Å²) in [5.74, 6) is 0.398. The van der Waals surface area contributed by atoms with Crippen LogP contribution in [-0.2, 0) is 5.41 Å². The molecule has 2 rings (SSSR count). The Bertz CT molecular complexity index is 511. The monoisotopic (exact) mass is 318 g/mol. The van der Waals surface area contributed by atoms with Crippen LogP contribution in [-0.4, -0.2) is 30.3 Å². The number of carbonyl (C=O) groups is 1. The van der Waals surface area contributed by atoms with E-state index in [0.29, 0.717) is 19.0 Å². The van der Waals surface area contributed by atoms with Crippen molar-refractivity contribution in [3.05, 3.63) is 35.4 Å². The van der Waals surface area contributed by atoms with Crippen LogP contribution in [0.2, 0.25) is 0 Å². The first-order chi connectivity index (χ1) is 10.9. The smallest absolute Gasteiger partial charge is 0.314 e. The summed E-state index contributed by atoms with van der Waals surface area (Å²) in [5, 5.41) is 15.6. The third-order valence-corrected chi connectivity index (χ3v) is 4.83. The molecule has 1 aromatic rings. The normalized spacial score (nSPS) is 21.7. The number of aliphatic hydroxyl groups is 1. The van der Waals surface area contributed by atoms with Gasteiger partial charge < -0.3 is 15.7 Å². The second kappa shape index (κ2) is 7.82. The summed E-state index contributed by atoms with van der Waals surface area (Å²) in [6.07, 6.45) is 3.64. The average molecular weight is 318 g/mol. The molecule has 4 heteroatoms. The Hall–Kier alpha value is -1.55. The van der Waals surface area contributed by atoms with Gasteiger partial charge in [-0.05, 0) is 37.7 Å². The number of hydrogen-bond acceptors (Lipinski definition) is 2. The van der Waals surface area contributed by atoms with Crippen LogP contribution < -0.4 is 10.6 Å². The van der Waals surface area contributed by atoms with Crippen LogP contribution in [0.1, 0.15) is 50.7 Å². The third-order valence-electron chi connectivity index (χ3n) is 4.83. The molecule has 1 aliphatic rings. The van der Waals surface area contributed by atoms with Crippen LogP contribution in [0.5, 0.6) is 0 Å². The highest BCUT2D eigenvalue weighted by atomic mass is 16.3. The zero-order valence-corrected chi connectivity index (χ0v) is 14.6. The number of urea groups is 1. The van der Waals surface area contributed by atoms with E-state index in [1.54, 1.807) is 0 Å². The minimum atomic E-state index is -0.195. The molecule has 0 aromatic heterocycles. The maximum absolute atomic E-state index is 12.0. The van der Waals surface area contributed by atoms with Gasteiger partial charge in [0.1, 0.15) is 0 Å². The maximum Gasteiger partial charge on any atom is 0.314 e. The van der Waals surface area contributed by atoms with Crippen molar-refractivity contribution < 1.29 is 9.90 Å². The summed E-state index contributed by atoms with van der Waals surface area (Å²) in [7, 11) is 0. The lowest BCUT2D eigenvalue weighted by Crippen LogP contribution is -2.44. The van der Waals surface area contributed by atoms with Crippen LogP contribution >= 0.6 is 0 Å². The van der Waals surface area contributed by atoms with Crippen molar-refractivity contribution in [2.24, 2.45) is 5.92 Å². The molecular weight excluding hydrogens is 288 g/mol. The van der Waals surface area contributed by atoms with Gasteiger partial charge in [0, 0.05) is 18.5 Å². The molecule has 128 valence electrons. The molecule has 0 heterocycles. The Balaban J connectivity index is 1.75. The summed E-state index contributed by atoms with van der Waals surface area (Å²) in [6.45, 7) is 7.58. The highest BCUT2D eigenvalue weighted by molar-refractivity contribution is 5.73. The van der Waals surface area contributed by atoms with Crippen molar-refractivity contribution in [3.8, 4) is 0 Å². The van der Waals surface area contributed by atoms with Gasteiger partial charge in [-0.25, -0.2) is 4.79 Å². The van der Waals surface area contributed by atoms with Crippen LogP contribution in [0.15, 0.2) is 24.3 Å². The minimum absolute atomic E-state index is 0.105. The molecule has 0 spiro atoms. The Morgan fingerprint density at radius 3 is 2.57 bits per heavy atom. The van der Waals surface area contributed by atoms with Crippen molar-refractivity contribution >= 4 is 6.03 Å². The van der Waals surface area contributed by atoms with Crippen molar-refractivity contribution in [1.82, 2.24) is 10.6 Å². The zero-order valence-electron chi connectivity index (χ0n) is 14.6. The molecule has 2 atom stereocenters. The first-order valence-electron chi connectivity index (χ1n) is 8.64. The fourth-order valence-electron chi connectivity index (χ4n) is 3.16. The SMILES string of the molecule is Cc1ccc(C(C)(C)CNC(=O)NCC2CCCC(O)C2)cc1. The van der Waals surface area contributed by atoms with Crippen molar-refractivity contribution in [2.75, 3.05) is 13.1 Å². The molecule has 1 aromatic carbocycles. The fourth-order valence-corrected chi connectivity index (χ4v) is 3.16. The van der Waals surface area contributed by atoms with Gasteiger partial charge >= 0.3 is 6.03 Å². The summed E-state index contributed by atoms with van der Waals surface area (Å²) < 4.78 is 0. The summed E-state index contributed by atoms with van der Waals surface area (Å²) >= 11 is 0. The van der Waals surface area contributed by atoms with Crippen LogP contribution in [0.4, 0.5) is 4.79 Å². The van der Waals surface area contributed by atoms with Crippen LogP contribution in [0.3, 0.4) is 0 Å². The van der Waals surface area contributed by atoms with Gasteiger partial charge in [0.2, 0.25) is 0 Å². The molecule has 3 N–H and O–H groups in total. The summed E-state index contributed by atoms with van der Waals surface area (Å²) in [4.78, 5) is 12.0. The minimum Gasteiger partial charge on any atom is -0.393 e. The van der Waals surface area contributed by atoms with Gasteiger partial charge in [0.05, 0.1) is 6.10 Å². The maximum atomic E-state index is 12.0. The number of hydrogen-bond donors (Lipinski definition) is 3. The first-order valence-corrected chi connectivity index (χ1v) is 8.64. The van der Waals surface area contributed by atoms with Crippen molar-refractivity contribution in [3.63, 3.8) is 0 Å². The lowest BCUT2D eigenvalue weighted by molar-refractivity contribution is 0.101. The third kappa shape index (κ3) is 5.54. The topological polar surface area (TPSA) is 61.4 Å². The largest absolute Gasteiger partial charge is 0.393 e. The second-order valence-electron chi connectivity index (χ2n) is 7.50. The number of aliphatic hydroxyl groups excluding tert-OH is 1. The average Bonchev–Trinajstić information content (AvgIpc) is 2.51. The Kier molecular flexibility index (Phi) is 6.05. The molecule has 2 unspecified atom stereocenters. The number of benzene rings is 1. The van der Waals surface area contributed by atoms with E-state index < -0.39 is 0 Å². The zero-order chi connectivity index (χ0) is 16.9. The van der Waals surface area contributed by atoms with Gasteiger partial charge in [-0.3, -0.25) is 0 Å². The van der Waals surface area contributed by atoms with Crippen LogP contribution in [0.25, 0.3) is 0 Å². The van der Waals surface area contributed by atoms with E-state index in [2.05, 4.69) is 55.7 Å². The number of amides is 2. The second-order valence-corrected chi connectivity index (χ2v) is 7.50. The van der Waals surface area contributed by atoms with E-state index >= 15 is 0 Å². The van der Waals surface area contributed by atoms with E-state index in [9.17, 15) is 9.90 Å². The van der Waals surface area contributed by atoms with E-state index in [1.165, 1.54) is 11.1 Å². The Morgan fingerprint density at radius 1 is 1.22 bits per heavy atom. The fraction of sp³-hybridized carbons (Fsp3) is 0.632. The molecule has 0 bridgehead atoms. The predicted octanol–water partition coefficient (Wildman–Crippen LogP) is 3.12. The molecule has 0 saturated heterocycles. The number of rotatable bonds is 5. The predicted molar refractivity (Wildman–Crippen MR) is 93.6 cm³/mol. The van der Waals surface area contributed by atoms with Gasteiger partial charge in [-0.1, -0.05) is 50.1 Å². The highest BCUT2D eigenvalue weighted by Gasteiger charge is 2.23. The molecular formula is C19H30N2O2. The van der Waals surface area contributed by atoms with Gasteiger partial charge in [-0.15, -0.1) is 0 Å². The highest BCUT2D eigenvalue weighted by Crippen LogP contribution is 2.24. The lowest BCUT2D eigenvalue weighted by atomic mass is 9.84. The van der Waals surface area contributed by atoms with Crippen molar-refractivity contribution in [1.29, 1.82) is 0 Å². The number of nitrogens with one attached hydrogen (secondary N) is 2. The molecule has 1 aliphatic carbocycles. The molecule has 4 nitrogen and oxygen atoms in total. The van der Waals surface area contributed by atoms with E-state index in [0.717, 1.165) is 25.7 Å². The summed E-state index contributed by atoms with van der Waals surface area (Å²) in [6, 6.07) is 8.33. The van der Waals surface area contributed by atoms with E-state index in [-0.39, 0.29) is 17.6 Å². The van der Waals surface area contributed by atoms with Gasteiger partial charge in [0.25, 0.3) is 0 Å². The van der Waals surface area contributed by atoms with Crippen LogP contribution in [0, 0.1) is 12.8 Å².